The molecule has 160 valence electrons. The monoisotopic (exact) mass is 418 g/mol. The normalized spacial score (nSPS) is 18.2. The highest BCUT2D eigenvalue weighted by atomic mass is 16.5. The second-order valence-electron chi connectivity index (χ2n) is 7.95. The molecule has 0 spiro atoms. The zero-order valence-corrected chi connectivity index (χ0v) is 17.6. The number of carbonyl (C=O) groups is 2. The number of ether oxygens (including phenoxy) is 1. The van der Waals surface area contributed by atoms with Gasteiger partial charge in [-0.2, -0.15) is 5.10 Å². The molecule has 0 radical (unpaired) electrons. The molecule has 7 heteroatoms. The fourth-order valence-corrected chi connectivity index (χ4v) is 3.55. The quantitative estimate of drug-likeness (QED) is 0.629. The summed E-state index contributed by atoms with van der Waals surface area (Å²) in [5, 5.41) is 10.2. The summed E-state index contributed by atoms with van der Waals surface area (Å²) >= 11 is 0. The number of nitrogens with one attached hydrogen (secondary N) is 2. The molecule has 2 amide bonds. The first kappa shape index (κ1) is 20.8. The number of benzene rings is 2. The van der Waals surface area contributed by atoms with Crippen molar-refractivity contribution in [3.8, 4) is 5.69 Å². The summed E-state index contributed by atoms with van der Waals surface area (Å²) in [7, 11) is 0. The van der Waals surface area contributed by atoms with E-state index in [2.05, 4.69) is 15.7 Å². The highest BCUT2D eigenvalue weighted by Crippen LogP contribution is 2.35. The smallest absolute Gasteiger partial charge is 0.230 e. The van der Waals surface area contributed by atoms with Crippen LogP contribution < -0.4 is 10.6 Å². The second-order valence-corrected chi connectivity index (χ2v) is 7.95. The molecule has 2 aromatic carbocycles. The highest BCUT2D eigenvalue weighted by molar-refractivity contribution is 5.94. The number of para-hydroxylation sites is 1. The van der Waals surface area contributed by atoms with E-state index in [4.69, 9.17) is 4.74 Å². The van der Waals surface area contributed by atoms with Crippen LogP contribution in [-0.2, 0) is 14.3 Å². The Morgan fingerprint density at radius 2 is 1.71 bits per heavy atom. The molecular formula is C24H26N4O3. The molecule has 1 aliphatic heterocycles. The molecule has 1 aromatic heterocycles. The molecular weight excluding hydrogens is 392 g/mol. The van der Waals surface area contributed by atoms with Crippen LogP contribution in [0.2, 0.25) is 0 Å². The summed E-state index contributed by atoms with van der Waals surface area (Å²) in [5.74, 6) is -0.522. The third kappa shape index (κ3) is 4.83. The topological polar surface area (TPSA) is 85.2 Å². The maximum atomic E-state index is 12.9. The summed E-state index contributed by atoms with van der Waals surface area (Å²) in [5.41, 5.74) is 3.22. The number of hydrogen-bond acceptors (Lipinski definition) is 4. The second kappa shape index (κ2) is 9.14. The Balaban J connectivity index is 1.41. The van der Waals surface area contributed by atoms with Crippen molar-refractivity contribution in [2.75, 3.05) is 17.2 Å². The van der Waals surface area contributed by atoms with Crippen LogP contribution in [0.1, 0.15) is 31.9 Å². The van der Waals surface area contributed by atoms with E-state index in [9.17, 15) is 9.59 Å². The standard InChI is InChI=1S/C24H26N4O3/c1-16(2)23(29)26-18-8-10-19(11-9-18)27-24(30)21-12-13-31-22(21)17-14-25-28(15-17)20-6-4-3-5-7-20/h3-11,14-16,21-22H,12-13H2,1-2H3,(H,26,29)(H,27,30)/t21-,22+/m0/s1. The summed E-state index contributed by atoms with van der Waals surface area (Å²) in [6, 6.07) is 17.0. The molecule has 1 aliphatic rings. The van der Waals surface area contributed by atoms with Crippen LogP contribution in [0, 0.1) is 11.8 Å². The van der Waals surface area contributed by atoms with Crippen molar-refractivity contribution in [1.29, 1.82) is 0 Å². The molecule has 1 saturated heterocycles. The maximum Gasteiger partial charge on any atom is 0.230 e. The minimum Gasteiger partial charge on any atom is -0.373 e. The Labute approximate surface area is 181 Å². The molecule has 2 atom stereocenters. The summed E-state index contributed by atoms with van der Waals surface area (Å²) in [6.45, 7) is 4.21. The first-order chi connectivity index (χ1) is 15.0. The summed E-state index contributed by atoms with van der Waals surface area (Å²) in [4.78, 5) is 24.7. The van der Waals surface area contributed by atoms with Crippen LogP contribution in [-0.4, -0.2) is 28.2 Å². The van der Waals surface area contributed by atoms with Gasteiger partial charge in [0.2, 0.25) is 11.8 Å². The van der Waals surface area contributed by atoms with Gasteiger partial charge in [-0.15, -0.1) is 0 Å². The molecule has 0 aliphatic carbocycles. The van der Waals surface area contributed by atoms with Gasteiger partial charge < -0.3 is 15.4 Å². The Hall–Kier alpha value is -3.45. The Morgan fingerprint density at radius 3 is 2.39 bits per heavy atom. The zero-order chi connectivity index (χ0) is 21.8. The van der Waals surface area contributed by atoms with Crippen molar-refractivity contribution in [2.24, 2.45) is 11.8 Å². The van der Waals surface area contributed by atoms with E-state index in [1.54, 1.807) is 35.1 Å². The van der Waals surface area contributed by atoms with E-state index in [1.165, 1.54) is 0 Å². The first-order valence-corrected chi connectivity index (χ1v) is 10.4. The number of amides is 2. The van der Waals surface area contributed by atoms with Gasteiger partial charge in [0.15, 0.2) is 0 Å². The molecule has 0 saturated carbocycles. The lowest BCUT2D eigenvalue weighted by Gasteiger charge is -2.17. The molecule has 2 heterocycles. The van der Waals surface area contributed by atoms with Crippen LogP contribution in [0.15, 0.2) is 67.0 Å². The van der Waals surface area contributed by atoms with Gasteiger partial charge >= 0.3 is 0 Å². The van der Waals surface area contributed by atoms with Gasteiger partial charge in [-0.25, -0.2) is 4.68 Å². The number of hydrogen-bond donors (Lipinski definition) is 2. The van der Waals surface area contributed by atoms with Crippen LogP contribution in [0.3, 0.4) is 0 Å². The SMILES string of the molecule is CC(C)C(=O)Nc1ccc(NC(=O)[C@H]2CCO[C@@H]2c2cnn(-c3ccccc3)c2)cc1. The van der Waals surface area contributed by atoms with Gasteiger partial charge in [0.05, 0.1) is 23.9 Å². The Kier molecular flexibility index (Phi) is 6.13. The van der Waals surface area contributed by atoms with Crippen LogP contribution in [0.5, 0.6) is 0 Å². The fourth-order valence-electron chi connectivity index (χ4n) is 3.55. The van der Waals surface area contributed by atoms with Gasteiger partial charge in [-0.05, 0) is 42.8 Å². The summed E-state index contributed by atoms with van der Waals surface area (Å²) < 4.78 is 7.67. The highest BCUT2D eigenvalue weighted by Gasteiger charge is 2.36. The lowest BCUT2D eigenvalue weighted by molar-refractivity contribution is -0.121. The van der Waals surface area contributed by atoms with E-state index < -0.39 is 0 Å². The number of nitrogens with zero attached hydrogens (tertiary/aromatic N) is 2. The van der Waals surface area contributed by atoms with Gasteiger partial charge in [0.25, 0.3) is 0 Å². The minimum atomic E-state index is -0.331. The summed E-state index contributed by atoms with van der Waals surface area (Å²) in [6.07, 6.45) is 3.99. The van der Waals surface area contributed by atoms with Crippen molar-refractivity contribution >= 4 is 23.2 Å². The van der Waals surface area contributed by atoms with E-state index in [1.807, 2.05) is 50.4 Å². The average molecular weight is 418 g/mol. The Morgan fingerprint density at radius 1 is 1.03 bits per heavy atom. The first-order valence-electron chi connectivity index (χ1n) is 10.4. The van der Waals surface area contributed by atoms with Crippen LogP contribution >= 0.6 is 0 Å². The minimum absolute atomic E-state index is 0.0428. The van der Waals surface area contributed by atoms with Gasteiger partial charge in [-0.3, -0.25) is 9.59 Å². The number of rotatable bonds is 6. The molecule has 1 fully saturated rings. The molecule has 3 aromatic rings. The fraction of sp³-hybridized carbons (Fsp3) is 0.292. The third-order valence-corrected chi connectivity index (χ3v) is 5.32. The average Bonchev–Trinajstić information content (AvgIpc) is 3.45. The van der Waals surface area contributed by atoms with Gasteiger partial charge in [-0.1, -0.05) is 32.0 Å². The van der Waals surface area contributed by atoms with Gasteiger partial charge in [0.1, 0.15) is 0 Å². The third-order valence-electron chi connectivity index (χ3n) is 5.32. The number of anilines is 2. The molecule has 0 unspecified atom stereocenters. The molecule has 2 N–H and O–H groups in total. The maximum absolute atomic E-state index is 12.9. The van der Waals surface area contributed by atoms with Crippen molar-refractivity contribution in [3.05, 3.63) is 72.6 Å². The van der Waals surface area contributed by atoms with Crippen LogP contribution in [0.4, 0.5) is 11.4 Å². The van der Waals surface area contributed by atoms with E-state index in [-0.39, 0.29) is 29.8 Å². The van der Waals surface area contributed by atoms with Crippen molar-refractivity contribution in [3.63, 3.8) is 0 Å². The number of carbonyl (C=O) groups excluding carboxylic acids is 2. The predicted octanol–water partition coefficient (Wildman–Crippen LogP) is 4.18. The van der Waals surface area contributed by atoms with Crippen molar-refractivity contribution in [2.45, 2.75) is 26.4 Å². The van der Waals surface area contributed by atoms with Gasteiger partial charge in [0, 0.05) is 35.7 Å². The van der Waals surface area contributed by atoms with Crippen LogP contribution in [0.25, 0.3) is 5.69 Å². The molecule has 31 heavy (non-hydrogen) atoms. The van der Waals surface area contributed by atoms with E-state index in [0.29, 0.717) is 24.4 Å². The van der Waals surface area contributed by atoms with Crippen molar-refractivity contribution in [1.82, 2.24) is 9.78 Å². The lowest BCUT2D eigenvalue weighted by Crippen LogP contribution is -2.25. The molecule has 0 bridgehead atoms. The van der Waals surface area contributed by atoms with E-state index in [0.717, 1.165) is 11.3 Å². The molecule has 7 nitrogen and oxygen atoms in total. The molecule has 4 rings (SSSR count). The zero-order valence-electron chi connectivity index (χ0n) is 17.6. The predicted molar refractivity (Wildman–Crippen MR) is 119 cm³/mol. The van der Waals surface area contributed by atoms with Crippen molar-refractivity contribution < 1.29 is 14.3 Å². The lowest BCUT2D eigenvalue weighted by atomic mass is 9.96. The largest absolute Gasteiger partial charge is 0.373 e. The number of aromatic nitrogens is 2. The Bertz CT molecular complexity index is 1040. The van der Waals surface area contributed by atoms with E-state index >= 15 is 0 Å².